The van der Waals surface area contributed by atoms with Crippen LogP contribution in [0.5, 0.6) is 0 Å². The van der Waals surface area contributed by atoms with Crippen LogP contribution >= 0.6 is 0 Å². The Morgan fingerprint density at radius 3 is 2.50 bits per heavy atom. The van der Waals surface area contributed by atoms with Crippen LogP contribution in [0.15, 0.2) is 48.7 Å². The fourth-order valence-electron chi connectivity index (χ4n) is 3.16. The van der Waals surface area contributed by atoms with Gasteiger partial charge < -0.3 is 9.80 Å². The van der Waals surface area contributed by atoms with Crippen molar-refractivity contribution in [2.45, 2.75) is 19.9 Å². The number of aromatic nitrogens is 1. The zero-order chi connectivity index (χ0) is 17.1. The van der Waals surface area contributed by atoms with Crippen molar-refractivity contribution >= 4 is 11.8 Å². The highest BCUT2D eigenvalue weighted by Gasteiger charge is 2.33. The van der Waals surface area contributed by atoms with Crippen molar-refractivity contribution in [2.75, 3.05) is 19.6 Å². The van der Waals surface area contributed by atoms with Crippen LogP contribution in [-0.2, 0) is 4.79 Å². The number of pyridine rings is 1. The maximum Gasteiger partial charge on any atom is 0.272 e. The van der Waals surface area contributed by atoms with Gasteiger partial charge >= 0.3 is 0 Å². The van der Waals surface area contributed by atoms with Crippen molar-refractivity contribution in [3.63, 3.8) is 0 Å². The van der Waals surface area contributed by atoms with Crippen LogP contribution < -0.4 is 0 Å². The Bertz CT molecular complexity index is 745. The molecule has 2 aromatic rings. The van der Waals surface area contributed by atoms with Gasteiger partial charge in [0.05, 0.1) is 6.04 Å². The van der Waals surface area contributed by atoms with E-state index in [2.05, 4.69) is 4.98 Å². The summed E-state index contributed by atoms with van der Waals surface area (Å²) in [5.41, 5.74) is 2.40. The Kier molecular flexibility index (Phi) is 4.60. The molecule has 0 spiro atoms. The molecule has 2 heterocycles. The van der Waals surface area contributed by atoms with Crippen molar-refractivity contribution in [1.82, 2.24) is 14.8 Å². The third kappa shape index (κ3) is 3.15. The van der Waals surface area contributed by atoms with Crippen molar-refractivity contribution in [3.8, 4) is 0 Å². The molecule has 1 saturated heterocycles. The summed E-state index contributed by atoms with van der Waals surface area (Å²) in [5.74, 6) is -0.0396. The molecular formula is C19H21N3O2. The Balaban J connectivity index is 1.87. The number of carbonyl (C=O) groups excluding carboxylic acids is 2. The predicted octanol–water partition coefficient (Wildman–Crippen LogP) is 2.44. The third-order valence-electron chi connectivity index (χ3n) is 4.47. The summed E-state index contributed by atoms with van der Waals surface area (Å²) >= 11 is 0. The topological polar surface area (TPSA) is 53.5 Å². The van der Waals surface area contributed by atoms with E-state index in [9.17, 15) is 9.59 Å². The second-order valence-electron chi connectivity index (χ2n) is 6.06. The maximum absolute atomic E-state index is 12.8. The summed E-state index contributed by atoms with van der Waals surface area (Å²) in [6.07, 6.45) is 1.64. The highest BCUT2D eigenvalue weighted by atomic mass is 16.2. The quantitative estimate of drug-likeness (QED) is 0.853. The van der Waals surface area contributed by atoms with Crippen LogP contribution in [0.3, 0.4) is 0 Å². The van der Waals surface area contributed by atoms with Gasteiger partial charge in [-0.25, -0.2) is 0 Å². The molecule has 5 heteroatoms. The Morgan fingerprint density at radius 1 is 1.08 bits per heavy atom. The number of hydrogen-bond acceptors (Lipinski definition) is 3. The van der Waals surface area contributed by atoms with Crippen LogP contribution in [0, 0.1) is 6.92 Å². The van der Waals surface area contributed by atoms with Crippen molar-refractivity contribution in [2.24, 2.45) is 0 Å². The maximum atomic E-state index is 12.8. The summed E-state index contributed by atoms with van der Waals surface area (Å²) in [5, 5.41) is 0. The standard InChI is InChI=1S/C19H21N3O2/c1-14-7-6-10-20-18(14)19(24)21-11-12-22(15(2)23)17(13-21)16-8-4-3-5-9-16/h3-10,17H,11-13H2,1-2H3. The lowest BCUT2D eigenvalue weighted by atomic mass is 10.0. The average Bonchev–Trinajstić information content (AvgIpc) is 2.61. The van der Waals surface area contributed by atoms with Gasteiger partial charge in [0.25, 0.3) is 5.91 Å². The van der Waals surface area contributed by atoms with E-state index in [0.717, 1.165) is 11.1 Å². The van der Waals surface area contributed by atoms with Gasteiger partial charge in [0.1, 0.15) is 5.69 Å². The zero-order valence-corrected chi connectivity index (χ0v) is 14.0. The predicted molar refractivity (Wildman–Crippen MR) is 91.4 cm³/mol. The summed E-state index contributed by atoms with van der Waals surface area (Å²) in [6, 6.07) is 13.5. The Labute approximate surface area is 141 Å². The highest BCUT2D eigenvalue weighted by Crippen LogP contribution is 2.26. The molecule has 1 unspecified atom stereocenters. The van der Waals surface area contributed by atoms with Crippen LogP contribution in [0.1, 0.15) is 34.6 Å². The van der Waals surface area contributed by atoms with Crippen LogP contribution in [0.2, 0.25) is 0 Å². The van der Waals surface area contributed by atoms with E-state index in [1.807, 2.05) is 54.3 Å². The van der Waals surface area contributed by atoms with E-state index in [0.29, 0.717) is 25.3 Å². The first kappa shape index (κ1) is 16.2. The van der Waals surface area contributed by atoms with E-state index in [-0.39, 0.29) is 17.9 Å². The molecule has 0 saturated carbocycles. The number of nitrogens with zero attached hydrogens (tertiary/aromatic N) is 3. The Hall–Kier alpha value is -2.69. The van der Waals surface area contributed by atoms with Crippen molar-refractivity contribution < 1.29 is 9.59 Å². The molecule has 0 N–H and O–H groups in total. The average molecular weight is 323 g/mol. The number of rotatable bonds is 2. The molecule has 5 nitrogen and oxygen atoms in total. The van der Waals surface area contributed by atoms with E-state index < -0.39 is 0 Å². The molecule has 1 aromatic heterocycles. The molecular weight excluding hydrogens is 302 g/mol. The normalized spacial score (nSPS) is 17.7. The van der Waals surface area contributed by atoms with E-state index in [1.54, 1.807) is 18.0 Å². The lowest BCUT2D eigenvalue weighted by Crippen LogP contribution is -2.52. The minimum absolute atomic E-state index is 0.0324. The van der Waals surface area contributed by atoms with Gasteiger partial charge in [0, 0.05) is 32.8 Å². The van der Waals surface area contributed by atoms with E-state index >= 15 is 0 Å². The molecule has 0 bridgehead atoms. The fourth-order valence-corrected chi connectivity index (χ4v) is 3.16. The third-order valence-corrected chi connectivity index (χ3v) is 4.47. The molecule has 24 heavy (non-hydrogen) atoms. The molecule has 1 atom stereocenters. The molecule has 0 aliphatic carbocycles. The molecule has 1 aliphatic heterocycles. The summed E-state index contributed by atoms with van der Waals surface area (Å²) in [7, 11) is 0. The van der Waals surface area contributed by atoms with E-state index in [1.165, 1.54) is 0 Å². The minimum Gasteiger partial charge on any atom is -0.333 e. The number of piperazine rings is 1. The smallest absolute Gasteiger partial charge is 0.272 e. The summed E-state index contributed by atoms with van der Waals surface area (Å²) in [6.45, 7) is 5.01. The summed E-state index contributed by atoms with van der Waals surface area (Å²) < 4.78 is 0. The molecule has 124 valence electrons. The minimum atomic E-state index is -0.120. The number of amides is 2. The number of hydrogen-bond donors (Lipinski definition) is 0. The molecule has 1 fully saturated rings. The molecule has 1 aromatic carbocycles. The van der Waals surface area contributed by atoms with Gasteiger partial charge in [-0.15, -0.1) is 0 Å². The molecule has 2 amide bonds. The molecule has 0 radical (unpaired) electrons. The Morgan fingerprint density at radius 2 is 1.83 bits per heavy atom. The van der Waals surface area contributed by atoms with Gasteiger partial charge in [0.15, 0.2) is 0 Å². The largest absolute Gasteiger partial charge is 0.333 e. The second-order valence-corrected chi connectivity index (χ2v) is 6.06. The van der Waals surface area contributed by atoms with Crippen molar-refractivity contribution in [3.05, 3.63) is 65.5 Å². The first-order chi connectivity index (χ1) is 11.6. The fraction of sp³-hybridized carbons (Fsp3) is 0.316. The van der Waals surface area contributed by atoms with Gasteiger partial charge in [0.2, 0.25) is 5.91 Å². The van der Waals surface area contributed by atoms with Gasteiger partial charge in [-0.1, -0.05) is 36.4 Å². The first-order valence-corrected chi connectivity index (χ1v) is 8.11. The molecule has 1 aliphatic rings. The van der Waals surface area contributed by atoms with Crippen LogP contribution in [-0.4, -0.2) is 46.2 Å². The van der Waals surface area contributed by atoms with E-state index in [4.69, 9.17) is 0 Å². The van der Waals surface area contributed by atoms with Gasteiger partial charge in [-0.3, -0.25) is 14.6 Å². The van der Waals surface area contributed by atoms with Crippen LogP contribution in [0.25, 0.3) is 0 Å². The first-order valence-electron chi connectivity index (χ1n) is 8.11. The number of benzene rings is 1. The lowest BCUT2D eigenvalue weighted by molar-refractivity contribution is -0.133. The summed E-state index contributed by atoms with van der Waals surface area (Å²) in [4.78, 5) is 32.7. The second kappa shape index (κ2) is 6.83. The van der Waals surface area contributed by atoms with Gasteiger partial charge in [-0.2, -0.15) is 0 Å². The van der Waals surface area contributed by atoms with Crippen molar-refractivity contribution in [1.29, 1.82) is 0 Å². The zero-order valence-electron chi connectivity index (χ0n) is 14.0. The SMILES string of the molecule is CC(=O)N1CCN(C(=O)c2ncccc2C)CC1c1ccccc1. The monoisotopic (exact) mass is 323 g/mol. The lowest BCUT2D eigenvalue weighted by Gasteiger charge is -2.41. The number of carbonyl (C=O) groups is 2. The highest BCUT2D eigenvalue weighted by molar-refractivity contribution is 5.93. The van der Waals surface area contributed by atoms with Crippen LogP contribution in [0.4, 0.5) is 0 Å². The molecule has 3 rings (SSSR count). The van der Waals surface area contributed by atoms with Gasteiger partial charge in [-0.05, 0) is 24.1 Å². The number of aryl methyl sites for hydroxylation is 1.